The standard InChI is InChI=1S/C12H19NO3/c13-9-12(3-7-16-8-4-12)11(14)10-1-5-15-6-2-10/h10-11,14H,1-8H2. The molecule has 0 aliphatic carbocycles. The molecule has 1 N–H and O–H groups in total. The van der Waals surface area contributed by atoms with E-state index in [4.69, 9.17) is 9.47 Å². The number of aliphatic hydroxyl groups excluding tert-OH is 1. The molecule has 2 rings (SSSR count). The van der Waals surface area contributed by atoms with Crippen LogP contribution < -0.4 is 0 Å². The molecule has 16 heavy (non-hydrogen) atoms. The summed E-state index contributed by atoms with van der Waals surface area (Å²) in [6, 6.07) is 2.34. The van der Waals surface area contributed by atoms with Crippen molar-refractivity contribution in [2.45, 2.75) is 31.8 Å². The summed E-state index contributed by atoms with van der Waals surface area (Å²) in [6.07, 6.45) is 2.52. The number of hydrogen-bond donors (Lipinski definition) is 1. The monoisotopic (exact) mass is 225 g/mol. The number of hydrogen-bond acceptors (Lipinski definition) is 4. The largest absolute Gasteiger partial charge is 0.391 e. The predicted molar refractivity (Wildman–Crippen MR) is 57.6 cm³/mol. The van der Waals surface area contributed by atoms with E-state index in [0.717, 1.165) is 12.8 Å². The Hall–Kier alpha value is -0.630. The number of ether oxygens (including phenoxy) is 2. The van der Waals surface area contributed by atoms with E-state index in [9.17, 15) is 10.4 Å². The molecular formula is C12H19NO3. The molecule has 0 amide bonds. The Morgan fingerprint density at radius 2 is 1.69 bits per heavy atom. The average molecular weight is 225 g/mol. The summed E-state index contributed by atoms with van der Waals surface area (Å²) >= 11 is 0. The predicted octanol–water partition coefficient (Wildman–Crippen LogP) is 1.09. The SMILES string of the molecule is N#CC1(C(O)C2CCOCC2)CCOCC1. The average Bonchev–Trinajstić information content (AvgIpc) is 2.39. The summed E-state index contributed by atoms with van der Waals surface area (Å²) < 4.78 is 10.6. The van der Waals surface area contributed by atoms with Crippen molar-refractivity contribution in [1.29, 1.82) is 5.26 Å². The van der Waals surface area contributed by atoms with Gasteiger partial charge in [0, 0.05) is 26.4 Å². The van der Waals surface area contributed by atoms with Crippen LogP contribution in [-0.4, -0.2) is 37.6 Å². The molecule has 2 fully saturated rings. The van der Waals surface area contributed by atoms with E-state index >= 15 is 0 Å². The molecule has 0 aromatic carbocycles. The second-order valence-electron chi connectivity index (χ2n) is 4.77. The van der Waals surface area contributed by atoms with Crippen LogP contribution in [-0.2, 0) is 9.47 Å². The van der Waals surface area contributed by atoms with Crippen molar-refractivity contribution < 1.29 is 14.6 Å². The van der Waals surface area contributed by atoms with Gasteiger partial charge < -0.3 is 14.6 Å². The fourth-order valence-corrected chi connectivity index (χ4v) is 2.69. The van der Waals surface area contributed by atoms with Crippen molar-refractivity contribution in [2.75, 3.05) is 26.4 Å². The van der Waals surface area contributed by atoms with E-state index in [2.05, 4.69) is 6.07 Å². The number of nitrogens with zero attached hydrogens (tertiary/aromatic N) is 1. The van der Waals surface area contributed by atoms with Crippen LogP contribution in [0.3, 0.4) is 0 Å². The molecule has 2 heterocycles. The summed E-state index contributed by atoms with van der Waals surface area (Å²) in [5.41, 5.74) is -0.583. The van der Waals surface area contributed by atoms with Gasteiger partial charge >= 0.3 is 0 Å². The smallest absolute Gasteiger partial charge is 0.0878 e. The first kappa shape index (κ1) is 11.8. The molecule has 0 spiro atoms. The third-order valence-corrected chi connectivity index (χ3v) is 3.89. The van der Waals surface area contributed by atoms with Crippen molar-refractivity contribution in [3.05, 3.63) is 0 Å². The molecule has 0 saturated carbocycles. The molecule has 0 radical (unpaired) electrons. The Morgan fingerprint density at radius 1 is 1.12 bits per heavy atom. The second-order valence-corrected chi connectivity index (χ2v) is 4.77. The zero-order valence-corrected chi connectivity index (χ0v) is 9.52. The normalized spacial score (nSPS) is 28.2. The molecule has 2 aliphatic heterocycles. The highest BCUT2D eigenvalue weighted by Crippen LogP contribution is 2.39. The van der Waals surface area contributed by atoms with E-state index in [1.54, 1.807) is 0 Å². The van der Waals surface area contributed by atoms with Gasteiger partial charge in [-0.1, -0.05) is 0 Å². The van der Waals surface area contributed by atoms with Gasteiger partial charge in [0.05, 0.1) is 17.6 Å². The van der Waals surface area contributed by atoms with E-state index in [0.29, 0.717) is 39.3 Å². The summed E-state index contributed by atoms with van der Waals surface area (Å²) in [6.45, 7) is 2.60. The minimum atomic E-state index is -0.583. The van der Waals surface area contributed by atoms with Gasteiger partial charge in [0.15, 0.2) is 0 Å². The van der Waals surface area contributed by atoms with Gasteiger partial charge in [-0.2, -0.15) is 5.26 Å². The number of aliphatic hydroxyl groups is 1. The van der Waals surface area contributed by atoms with Crippen LogP contribution in [0.25, 0.3) is 0 Å². The Kier molecular flexibility index (Phi) is 3.80. The highest BCUT2D eigenvalue weighted by molar-refractivity contribution is 5.06. The Bertz CT molecular complexity index is 262. The minimum Gasteiger partial charge on any atom is -0.391 e. The molecule has 1 atom stereocenters. The molecule has 2 aliphatic rings. The Balaban J connectivity index is 2.04. The highest BCUT2D eigenvalue weighted by Gasteiger charge is 2.43. The lowest BCUT2D eigenvalue weighted by molar-refractivity contribution is -0.0773. The summed E-state index contributed by atoms with van der Waals surface area (Å²) in [4.78, 5) is 0. The first-order valence-corrected chi connectivity index (χ1v) is 6.03. The molecule has 4 heteroatoms. The topological polar surface area (TPSA) is 62.5 Å². The fourth-order valence-electron chi connectivity index (χ4n) is 2.69. The molecular weight excluding hydrogens is 206 g/mol. The lowest BCUT2D eigenvalue weighted by Gasteiger charge is -2.40. The van der Waals surface area contributed by atoms with E-state index < -0.39 is 11.5 Å². The summed E-state index contributed by atoms with van der Waals surface area (Å²) in [5.74, 6) is 0.214. The molecule has 0 aromatic rings. The van der Waals surface area contributed by atoms with Crippen LogP contribution in [0.1, 0.15) is 25.7 Å². The van der Waals surface area contributed by atoms with Crippen molar-refractivity contribution in [2.24, 2.45) is 11.3 Å². The van der Waals surface area contributed by atoms with Gasteiger partial charge in [-0.05, 0) is 31.6 Å². The van der Waals surface area contributed by atoms with Crippen molar-refractivity contribution >= 4 is 0 Å². The minimum absolute atomic E-state index is 0.214. The van der Waals surface area contributed by atoms with Crippen LogP contribution in [0.2, 0.25) is 0 Å². The van der Waals surface area contributed by atoms with Gasteiger partial charge in [0.25, 0.3) is 0 Å². The molecule has 90 valence electrons. The zero-order chi connectivity index (χ0) is 11.4. The quantitative estimate of drug-likeness (QED) is 0.764. The van der Waals surface area contributed by atoms with E-state index in [-0.39, 0.29) is 5.92 Å². The van der Waals surface area contributed by atoms with Crippen LogP contribution in [0, 0.1) is 22.7 Å². The summed E-state index contributed by atoms with van der Waals surface area (Å²) in [5, 5.41) is 19.8. The van der Waals surface area contributed by atoms with Crippen LogP contribution in [0.5, 0.6) is 0 Å². The first-order valence-electron chi connectivity index (χ1n) is 6.03. The van der Waals surface area contributed by atoms with Crippen LogP contribution in [0.15, 0.2) is 0 Å². The Labute approximate surface area is 96.2 Å². The molecule has 0 aromatic heterocycles. The lowest BCUT2D eigenvalue weighted by Crippen LogP contribution is -2.45. The maximum Gasteiger partial charge on any atom is 0.0878 e. The van der Waals surface area contributed by atoms with Crippen LogP contribution in [0.4, 0.5) is 0 Å². The highest BCUT2D eigenvalue weighted by atomic mass is 16.5. The van der Waals surface area contributed by atoms with Crippen molar-refractivity contribution in [3.63, 3.8) is 0 Å². The van der Waals surface area contributed by atoms with E-state index in [1.807, 2.05) is 0 Å². The third kappa shape index (κ3) is 2.22. The lowest BCUT2D eigenvalue weighted by atomic mass is 9.70. The van der Waals surface area contributed by atoms with Gasteiger partial charge in [-0.15, -0.1) is 0 Å². The van der Waals surface area contributed by atoms with Gasteiger partial charge in [-0.3, -0.25) is 0 Å². The molecule has 0 bridgehead atoms. The van der Waals surface area contributed by atoms with Crippen LogP contribution >= 0.6 is 0 Å². The van der Waals surface area contributed by atoms with E-state index in [1.165, 1.54) is 0 Å². The molecule has 4 nitrogen and oxygen atoms in total. The first-order chi connectivity index (χ1) is 7.78. The number of nitriles is 1. The van der Waals surface area contributed by atoms with Gasteiger partial charge in [-0.25, -0.2) is 0 Å². The fraction of sp³-hybridized carbons (Fsp3) is 0.917. The second kappa shape index (κ2) is 5.13. The summed E-state index contributed by atoms with van der Waals surface area (Å²) in [7, 11) is 0. The maximum atomic E-state index is 10.4. The maximum absolute atomic E-state index is 10.4. The van der Waals surface area contributed by atoms with Gasteiger partial charge in [0.1, 0.15) is 0 Å². The van der Waals surface area contributed by atoms with Crippen molar-refractivity contribution in [3.8, 4) is 6.07 Å². The third-order valence-electron chi connectivity index (χ3n) is 3.89. The molecule has 2 saturated heterocycles. The Morgan fingerprint density at radius 3 is 2.25 bits per heavy atom. The van der Waals surface area contributed by atoms with Crippen molar-refractivity contribution in [1.82, 2.24) is 0 Å². The van der Waals surface area contributed by atoms with Gasteiger partial charge in [0.2, 0.25) is 0 Å². The molecule has 1 unspecified atom stereocenters. The zero-order valence-electron chi connectivity index (χ0n) is 9.52. The number of rotatable bonds is 2.